The summed E-state index contributed by atoms with van der Waals surface area (Å²) in [5.41, 5.74) is 4.19. The number of hydrogen-bond donors (Lipinski definition) is 1. The molecule has 0 bridgehead atoms. The van der Waals surface area contributed by atoms with E-state index in [0.29, 0.717) is 10.2 Å². The number of benzene rings is 1. The second-order valence-corrected chi connectivity index (χ2v) is 7.40. The maximum Gasteiger partial charge on any atom is 0.210 e. The molecule has 3 aromatic heterocycles. The third-order valence-electron chi connectivity index (χ3n) is 3.94. The molecule has 1 atom stereocenters. The third-order valence-corrected chi connectivity index (χ3v) is 5.26. The zero-order valence-corrected chi connectivity index (χ0v) is 15.3. The highest BCUT2D eigenvalue weighted by atomic mass is 35.5. The van der Waals surface area contributed by atoms with Gasteiger partial charge in [0.1, 0.15) is 5.82 Å². The Morgan fingerprint density at radius 1 is 1.20 bits per heavy atom. The van der Waals surface area contributed by atoms with Gasteiger partial charge in [0.05, 0.1) is 10.3 Å². The molecule has 0 aliphatic rings. The van der Waals surface area contributed by atoms with Gasteiger partial charge in [0, 0.05) is 18.6 Å². The van der Waals surface area contributed by atoms with E-state index in [1.165, 1.54) is 5.56 Å². The molecule has 1 aromatic carbocycles. The Bertz CT molecular complexity index is 1010. The van der Waals surface area contributed by atoms with E-state index in [1.807, 2.05) is 19.2 Å². The minimum atomic E-state index is -0.0104. The monoisotopic (exact) mass is 369 g/mol. The predicted octanol–water partition coefficient (Wildman–Crippen LogP) is 4.60. The molecule has 3 heterocycles. The Balaban J connectivity index is 1.74. The number of nitrogens with zero attached hydrogens (tertiary/aromatic N) is 4. The van der Waals surface area contributed by atoms with Crippen molar-refractivity contribution < 1.29 is 0 Å². The standard InChI is InChI=1S/C18H16ClN5S/c1-11-3-5-13(6-4-11)15(16-20-7-8-21-16)25-18-22-17-12(2)9-14(19)10-24(17)23-18/h3-10,15H,1-2H3,(H,20,21). The first kappa shape index (κ1) is 16.2. The summed E-state index contributed by atoms with van der Waals surface area (Å²) >= 11 is 7.69. The summed E-state index contributed by atoms with van der Waals surface area (Å²) in [4.78, 5) is 12.3. The molecule has 0 spiro atoms. The molecule has 1 N–H and O–H groups in total. The van der Waals surface area contributed by atoms with Crippen LogP contribution in [0.5, 0.6) is 0 Å². The number of aromatic nitrogens is 5. The highest BCUT2D eigenvalue weighted by Gasteiger charge is 2.21. The molecular weight excluding hydrogens is 354 g/mol. The van der Waals surface area contributed by atoms with Crippen LogP contribution < -0.4 is 0 Å². The van der Waals surface area contributed by atoms with Gasteiger partial charge >= 0.3 is 0 Å². The first-order valence-electron chi connectivity index (χ1n) is 7.85. The summed E-state index contributed by atoms with van der Waals surface area (Å²) in [5.74, 6) is 0.877. The molecule has 0 fully saturated rings. The van der Waals surface area contributed by atoms with Gasteiger partial charge in [-0.2, -0.15) is 0 Å². The minimum Gasteiger partial charge on any atom is -0.347 e. The topological polar surface area (TPSA) is 58.9 Å². The Morgan fingerprint density at radius 3 is 2.72 bits per heavy atom. The van der Waals surface area contributed by atoms with E-state index in [1.54, 1.807) is 28.7 Å². The number of rotatable bonds is 4. The van der Waals surface area contributed by atoms with E-state index < -0.39 is 0 Å². The quantitative estimate of drug-likeness (QED) is 0.534. The Labute approximate surface area is 154 Å². The van der Waals surface area contributed by atoms with E-state index in [0.717, 1.165) is 22.6 Å². The van der Waals surface area contributed by atoms with Gasteiger partial charge < -0.3 is 4.98 Å². The van der Waals surface area contributed by atoms with Crippen molar-refractivity contribution in [3.05, 3.63) is 76.5 Å². The van der Waals surface area contributed by atoms with Crippen molar-refractivity contribution in [2.45, 2.75) is 24.3 Å². The number of aryl methyl sites for hydroxylation is 2. The van der Waals surface area contributed by atoms with E-state index in [9.17, 15) is 0 Å². The number of fused-ring (bicyclic) bond motifs is 1. The van der Waals surface area contributed by atoms with Gasteiger partial charge in [0.2, 0.25) is 5.16 Å². The van der Waals surface area contributed by atoms with Crippen LogP contribution in [-0.4, -0.2) is 24.6 Å². The van der Waals surface area contributed by atoms with E-state index in [4.69, 9.17) is 11.6 Å². The van der Waals surface area contributed by atoms with Crippen LogP contribution in [0, 0.1) is 13.8 Å². The van der Waals surface area contributed by atoms with Crippen LogP contribution in [0.3, 0.4) is 0 Å². The van der Waals surface area contributed by atoms with Crippen LogP contribution in [0.15, 0.2) is 54.1 Å². The Kier molecular flexibility index (Phi) is 4.23. The first-order chi connectivity index (χ1) is 12.1. The molecular formula is C18H16ClN5S. The van der Waals surface area contributed by atoms with Crippen LogP contribution in [0.1, 0.15) is 27.8 Å². The molecule has 1 unspecified atom stereocenters. The fourth-order valence-corrected chi connectivity index (χ4v) is 3.96. The van der Waals surface area contributed by atoms with E-state index in [-0.39, 0.29) is 5.25 Å². The van der Waals surface area contributed by atoms with Gasteiger partial charge in [-0.05, 0) is 31.0 Å². The summed E-state index contributed by atoms with van der Waals surface area (Å²) < 4.78 is 1.73. The molecule has 25 heavy (non-hydrogen) atoms. The number of hydrogen-bond acceptors (Lipinski definition) is 4. The van der Waals surface area contributed by atoms with Gasteiger partial charge in [0.25, 0.3) is 0 Å². The fraction of sp³-hybridized carbons (Fsp3) is 0.167. The SMILES string of the molecule is Cc1ccc(C(Sc2nc3c(C)cc(Cl)cn3n2)c2ncc[nH]2)cc1. The Morgan fingerprint density at radius 2 is 2.00 bits per heavy atom. The maximum absolute atomic E-state index is 6.12. The molecule has 7 heteroatoms. The largest absolute Gasteiger partial charge is 0.347 e. The lowest BCUT2D eigenvalue weighted by atomic mass is 10.1. The van der Waals surface area contributed by atoms with Crippen molar-refractivity contribution in [2.24, 2.45) is 0 Å². The zero-order valence-electron chi connectivity index (χ0n) is 13.8. The van der Waals surface area contributed by atoms with Crippen LogP contribution in [0.25, 0.3) is 5.65 Å². The molecule has 0 saturated carbocycles. The highest BCUT2D eigenvalue weighted by molar-refractivity contribution is 7.99. The summed E-state index contributed by atoms with van der Waals surface area (Å²) in [6.07, 6.45) is 5.37. The number of H-pyrrole nitrogens is 1. The number of aromatic amines is 1. The van der Waals surface area contributed by atoms with Crippen molar-refractivity contribution >= 4 is 29.0 Å². The number of imidazole rings is 1. The number of pyridine rings is 1. The number of thioether (sulfide) groups is 1. The van der Waals surface area contributed by atoms with Crippen molar-refractivity contribution in [3.63, 3.8) is 0 Å². The summed E-state index contributed by atoms with van der Waals surface area (Å²) in [5, 5.41) is 5.89. The van der Waals surface area contributed by atoms with Crippen LogP contribution in [0.4, 0.5) is 0 Å². The Hall–Kier alpha value is -2.31. The summed E-state index contributed by atoms with van der Waals surface area (Å²) in [7, 11) is 0. The molecule has 5 nitrogen and oxygen atoms in total. The smallest absolute Gasteiger partial charge is 0.210 e. The second-order valence-electron chi connectivity index (χ2n) is 5.89. The average molecular weight is 370 g/mol. The van der Waals surface area contributed by atoms with Crippen LogP contribution in [-0.2, 0) is 0 Å². The van der Waals surface area contributed by atoms with Crippen molar-refractivity contribution in [2.75, 3.05) is 0 Å². The van der Waals surface area contributed by atoms with Crippen LogP contribution in [0.2, 0.25) is 5.02 Å². The molecule has 4 aromatic rings. The number of nitrogens with one attached hydrogen (secondary N) is 1. The maximum atomic E-state index is 6.12. The van der Waals surface area contributed by atoms with Crippen LogP contribution >= 0.6 is 23.4 Å². The molecule has 4 rings (SSSR count). The molecule has 0 radical (unpaired) electrons. The summed E-state index contributed by atoms with van der Waals surface area (Å²) in [6, 6.07) is 10.3. The first-order valence-corrected chi connectivity index (χ1v) is 9.11. The normalized spacial score (nSPS) is 12.6. The van der Waals surface area contributed by atoms with Gasteiger partial charge in [0.15, 0.2) is 5.65 Å². The average Bonchev–Trinajstić information content (AvgIpc) is 3.23. The lowest BCUT2D eigenvalue weighted by molar-refractivity contribution is 0.879. The summed E-state index contributed by atoms with van der Waals surface area (Å²) in [6.45, 7) is 4.06. The molecule has 0 amide bonds. The van der Waals surface area contributed by atoms with Crippen molar-refractivity contribution in [1.82, 2.24) is 24.6 Å². The lowest BCUT2D eigenvalue weighted by Crippen LogP contribution is -2.00. The van der Waals surface area contributed by atoms with Gasteiger partial charge in [-0.25, -0.2) is 14.5 Å². The molecule has 0 saturated heterocycles. The lowest BCUT2D eigenvalue weighted by Gasteiger charge is -2.13. The predicted molar refractivity (Wildman–Crippen MR) is 100 cm³/mol. The minimum absolute atomic E-state index is 0.0104. The zero-order chi connectivity index (χ0) is 17.4. The highest BCUT2D eigenvalue weighted by Crippen LogP contribution is 2.37. The third kappa shape index (κ3) is 3.27. The van der Waals surface area contributed by atoms with E-state index in [2.05, 4.69) is 51.2 Å². The fourth-order valence-electron chi connectivity index (χ4n) is 2.69. The van der Waals surface area contributed by atoms with Gasteiger partial charge in [-0.3, -0.25) is 0 Å². The van der Waals surface area contributed by atoms with Gasteiger partial charge in [-0.1, -0.05) is 53.2 Å². The van der Waals surface area contributed by atoms with Crippen molar-refractivity contribution in [3.8, 4) is 0 Å². The molecule has 126 valence electrons. The second kappa shape index (κ2) is 6.54. The number of halogens is 1. The van der Waals surface area contributed by atoms with Crippen molar-refractivity contribution in [1.29, 1.82) is 0 Å². The van der Waals surface area contributed by atoms with Gasteiger partial charge in [-0.15, -0.1) is 5.10 Å². The van der Waals surface area contributed by atoms with E-state index >= 15 is 0 Å². The molecule has 0 aliphatic heterocycles. The molecule has 0 aliphatic carbocycles.